The van der Waals surface area contributed by atoms with E-state index in [1.54, 1.807) is 6.07 Å². The molecule has 8 heteroatoms. The zero-order valence-electron chi connectivity index (χ0n) is 17.2. The smallest absolute Gasteiger partial charge is 0.290 e. The van der Waals surface area contributed by atoms with E-state index in [1.165, 1.54) is 30.4 Å². The number of rotatable bonds is 6. The summed E-state index contributed by atoms with van der Waals surface area (Å²) in [6.07, 6.45) is 5.05. The van der Waals surface area contributed by atoms with Gasteiger partial charge in [-0.15, -0.1) is 0 Å². The highest BCUT2D eigenvalue weighted by Gasteiger charge is 2.51. The van der Waals surface area contributed by atoms with Crippen molar-refractivity contribution < 1.29 is 23.8 Å². The lowest BCUT2D eigenvalue weighted by Crippen LogP contribution is -2.67. The summed E-state index contributed by atoms with van der Waals surface area (Å²) < 4.78 is 19.9. The third kappa shape index (κ3) is 5.74. The van der Waals surface area contributed by atoms with Crippen LogP contribution in [0.15, 0.2) is 24.3 Å². The van der Waals surface area contributed by atoms with Gasteiger partial charge in [0.25, 0.3) is 6.47 Å². The van der Waals surface area contributed by atoms with Crippen LogP contribution in [0.25, 0.3) is 0 Å². The van der Waals surface area contributed by atoms with Gasteiger partial charge in [0.05, 0.1) is 11.5 Å². The van der Waals surface area contributed by atoms with E-state index in [1.807, 2.05) is 23.9 Å². The highest BCUT2D eigenvalue weighted by atomic mass is 32.2. The van der Waals surface area contributed by atoms with Crippen LogP contribution in [0.4, 0.5) is 4.39 Å². The van der Waals surface area contributed by atoms with Gasteiger partial charge in [0.1, 0.15) is 5.82 Å². The number of nitrogens with zero attached hydrogens (tertiary/aromatic N) is 1. The molecule has 4 rings (SSSR count). The van der Waals surface area contributed by atoms with Crippen LogP contribution in [-0.2, 0) is 20.7 Å². The lowest BCUT2D eigenvalue weighted by molar-refractivity contribution is -0.145. The molecule has 0 saturated carbocycles. The van der Waals surface area contributed by atoms with E-state index in [9.17, 15) is 9.18 Å². The van der Waals surface area contributed by atoms with Gasteiger partial charge in [-0.1, -0.05) is 18.2 Å². The maximum absolute atomic E-state index is 14.3. The van der Waals surface area contributed by atoms with E-state index in [0.717, 1.165) is 32.5 Å². The summed E-state index contributed by atoms with van der Waals surface area (Å²) in [5.74, 6) is 2.25. The summed E-state index contributed by atoms with van der Waals surface area (Å²) in [6, 6.07) is 7.43. The average molecular weight is 439 g/mol. The molecular formula is C22H31FN2O4S. The molecule has 1 aromatic rings. The molecule has 3 saturated heterocycles. The summed E-state index contributed by atoms with van der Waals surface area (Å²) in [5, 5.41) is 10.0. The molecule has 0 bridgehead atoms. The van der Waals surface area contributed by atoms with Crippen molar-refractivity contribution in [2.24, 2.45) is 5.41 Å². The maximum atomic E-state index is 14.3. The van der Waals surface area contributed by atoms with E-state index >= 15 is 0 Å². The van der Waals surface area contributed by atoms with Crippen molar-refractivity contribution in [3.63, 3.8) is 0 Å². The predicted octanol–water partition coefficient (Wildman–Crippen LogP) is 2.56. The number of hydrogen-bond donors (Lipinski definition) is 2. The average Bonchev–Trinajstić information content (AvgIpc) is 3.25. The first-order valence-electron chi connectivity index (χ1n) is 10.6. The summed E-state index contributed by atoms with van der Waals surface area (Å²) in [5.41, 5.74) is 0.120. The van der Waals surface area contributed by atoms with Gasteiger partial charge in [-0.25, -0.2) is 4.39 Å². The van der Waals surface area contributed by atoms with E-state index in [-0.39, 0.29) is 24.3 Å². The molecule has 0 radical (unpaired) electrons. The molecule has 1 aromatic carbocycles. The highest BCUT2D eigenvalue weighted by molar-refractivity contribution is 7.99. The zero-order valence-corrected chi connectivity index (χ0v) is 18.0. The van der Waals surface area contributed by atoms with Crippen molar-refractivity contribution in [2.45, 2.75) is 44.2 Å². The number of thioether (sulfide) groups is 1. The second kappa shape index (κ2) is 11.1. The topological polar surface area (TPSA) is 78.9 Å². The largest absolute Gasteiger partial charge is 0.483 e. The number of ether oxygens (including phenoxy) is 1. The number of likely N-dealkylation sites (tertiary alicyclic amines) is 1. The molecule has 0 aromatic heterocycles. The van der Waals surface area contributed by atoms with E-state index in [4.69, 9.17) is 14.6 Å². The molecule has 0 spiro atoms. The monoisotopic (exact) mass is 438 g/mol. The van der Waals surface area contributed by atoms with Gasteiger partial charge in [0.15, 0.2) is 0 Å². The first-order chi connectivity index (χ1) is 14.6. The van der Waals surface area contributed by atoms with Crippen molar-refractivity contribution in [3.8, 4) is 0 Å². The Bertz CT molecular complexity index is 702. The van der Waals surface area contributed by atoms with Gasteiger partial charge >= 0.3 is 0 Å². The summed E-state index contributed by atoms with van der Waals surface area (Å²) in [4.78, 5) is 23.9. The number of carbonyl (C=O) groups is 2. The number of halogens is 1. The first-order valence-corrected chi connectivity index (χ1v) is 11.8. The third-order valence-corrected chi connectivity index (χ3v) is 7.25. The molecule has 166 valence electrons. The highest BCUT2D eigenvalue weighted by Crippen LogP contribution is 2.39. The zero-order chi connectivity index (χ0) is 21.4. The Balaban J connectivity index is 0.000000806. The van der Waals surface area contributed by atoms with E-state index in [0.29, 0.717) is 24.6 Å². The standard InChI is InChI=1S/C21H29FN2O2S.CH2O2/c22-19-6-2-1-4-16(19)12-21(20(25)23-13-18-5-3-9-26-18)14-24(15-21)17-7-10-27-11-8-17;2-1-3/h1-2,4,6,17-18H,3,5,7-15H2,(H,23,25);1H,(H,2,3). The molecule has 1 atom stereocenters. The fraction of sp³-hybridized carbons (Fsp3) is 0.636. The normalized spacial score (nSPS) is 23.7. The molecule has 3 aliphatic rings. The van der Waals surface area contributed by atoms with Gasteiger partial charge in [-0.05, 0) is 55.2 Å². The minimum atomic E-state index is -0.522. The van der Waals surface area contributed by atoms with Crippen LogP contribution in [0.1, 0.15) is 31.2 Å². The van der Waals surface area contributed by atoms with Crippen molar-refractivity contribution >= 4 is 24.1 Å². The van der Waals surface area contributed by atoms with Crippen LogP contribution in [0.3, 0.4) is 0 Å². The predicted molar refractivity (Wildman–Crippen MR) is 115 cm³/mol. The number of hydrogen-bond acceptors (Lipinski definition) is 5. The van der Waals surface area contributed by atoms with Crippen LogP contribution in [0, 0.1) is 11.2 Å². The van der Waals surface area contributed by atoms with E-state index < -0.39 is 5.41 Å². The van der Waals surface area contributed by atoms with Crippen LogP contribution in [0.2, 0.25) is 0 Å². The lowest BCUT2D eigenvalue weighted by atomic mass is 9.72. The number of amides is 1. The molecule has 1 unspecified atom stereocenters. The minimum absolute atomic E-state index is 0.0580. The lowest BCUT2D eigenvalue weighted by Gasteiger charge is -2.53. The first kappa shape index (κ1) is 23.0. The molecule has 3 fully saturated rings. The van der Waals surface area contributed by atoms with Gasteiger partial charge in [-0.3, -0.25) is 14.5 Å². The SMILES string of the molecule is O=C(NCC1CCCO1)C1(Cc2ccccc2F)CN(C2CCSCC2)C1.O=CO. The molecule has 0 aliphatic carbocycles. The quantitative estimate of drug-likeness (QED) is 0.665. The Morgan fingerprint density at radius 1 is 1.30 bits per heavy atom. The molecule has 1 amide bonds. The van der Waals surface area contributed by atoms with Gasteiger partial charge in [-0.2, -0.15) is 11.8 Å². The van der Waals surface area contributed by atoms with Crippen molar-refractivity contribution in [1.29, 1.82) is 0 Å². The minimum Gasteiger partial charge on any atom is -0.483 e. The number of carbonyl (C=O) groups excluding carboxylic acids is 1. The van der Waals surface area contributed by atoms with Crippen LogP contribution in [0.5, 0.6) is 0 Å². The Morgan fingerprint density at radius 3 is 2.63 bits per heavy atom. The van der Waals surface area contributed by atoms with Gasteiger partial charge < -0.3 is 15.2 Å². The van der Waals surface area contributed by atoms with Crippen LogP contribution >= 0.6 is 11.8 Å². The number of carboxylic acid groups (broad SMARTS) is 1. The second-order valence-electron chi connectivity index (χ2n) is 8.25. The van der Waals surface area contributed by atoms with E-state index in [2.05, 4.69) is 10.2 Å². The molecule has 3 aliphatic heterocycles. The summed E-state index contributed by atoms with van der Waals surface area (Å²) >= 11 is 2.01. The Hall–Kier alpha value is -1.64. The summed E-state index contributed by atoms with van der Waals surface area (Å²) in [6.45, 7) is 2.56. The molecule has 2 N–H and O–H groups in total. The summed E-state index contributed by atoms with van der Waals surface area (Å²) in [7, 11) is 0. The van der Waals surface area contributed by atoms with Crippen molar-refractivity contribution in [2.75, 3.05) is 37.7 Å². The van der Waals surface area contributed by atoms with Crippen LogP contribution in [-0.4, -0.2) is 72.3 Å². The Labute approximate surface area is 181 Å². The van der Waals surface area contributed by atoms with Crippen LogP contribution < -0.4 is 5.32 Å². The molecular weight excluding hydrogens is 407 g/mol. The third-order valence-electron chi connectivity index (χ3n) is 6.20. The number of benzene rings is 1. The second-order valence-corrected chi connectivity index (χ2v) is 9.47. The molecule has 6 nitrogen and oxygen atoms in total. The maximum Gasteiger partial charge on any atom is 0.290 e. The van der Waals surface area contributed by atoms with Gasteiger partial charge in [0, 0.05) is 32.3 Å². The fourth-order valence-electron chi connectivity index (χ4n) is 4.58. The van der Waals surface area contributed by atoms with Gasteiger partial charge in [0.2, 0.25) is 5.91 Å². The number of nitrogens with one attached hydrogen (secondary N) is 1. The fourth-order valence-corrected chi connectivity index (χ4v) is 5.66. The Kier molecular flexibility index (Phi) is 8.53. The Morgan fingerprint density at radius 2 is 2.00 bits per heavy atom. The molecule has 3 heterocycles. The molecule has 30 heavy (non-hydrogen) atoms. The van der Waals surface area contributed by atoms with Crippen molar-refractivity contribution in [3.05, 3.63) is 35.6 Å². The van der Waals surface area contributed by atoms with Crippen molar-refractivity contribution in [1.82, 2.24) is 10.2 Å².